The number of nitrogens with zero attached hydrogens (tertiary/aromatic N) is 2. The smallest absolute Gasteiger partial charge is 0.183 e. The second kappa shape index (κ2) is 9.36. The van der Waals surface area contributed by atoms with E-state index >= 15 is 0 Å². The zero-order valence-corrected chi connectivity index (χ0v) is 17.0. The lowest BCUT2D eigenvalue weighted by Crippen LogP contribution is -2.17. The summed E-state index contributed by atoms with van der Waals surface area (Å²) >= 11 is 1.71. The first kappa shape index (κ1) is 19.9. The van der Waals surface area contributed by atoms with Crippen molar-refractivity contribution in [1.82, 2.24) is 9.78 Å². The lowest BCUT2D eigenvalue weighted by molar-refractivity contribution is -0.120. The Morgan fingerprint density at radius 1 is 1.15 bits per heavy atom. The average Bonchev–Trinajstić information content (AvgIpc) is 3.35. The van der Waals surface area contributed by atoms with Gasteiger partial charge in [0, 0.05) is 36.9 Å². The standard InChI is InChI=1S/C22H28N2O2S/c1-24-14-13-20(23-24)22(26)12-11-21(25)19(15-16-5-3-4-6-16)17-7-9-18(27-2)10-8-17/h7-10,13-14,16,19H,3-6,11-12,15H2,1-2H3. The molecule has 1 atom stereocenters. The van der Waals surface area contributed by atoms with Crippen LogP contribution >= 0.6 is 11.8 Å². The lowest BCUT2D eigenvalue weighted by atomic mass is 9.83. The predicted octanol–water partition coefficient (Wildman–Crippen LogP) is 5.04. The zero-order valence-electron chi connectivity index (χ0n) is 16.2. The molecule has 0 radical (unpaired) electrons. The van der Waals surface area contributed by atoms with Crippen LogP contribution in [0.25, 0.3) is 0 Å². The monoisotopic (exact) mass is 384 g/mol. The van der Waals surface area contributed by atoms with Crippen molar-refractivity contribution in [2.75, 3.05) is 6.26 Å². The molecule has 1 unspecified atom stereocenters. The maximum absolute atomic E-state index is 13.0. The molecule has 0 aliphatic heterocycles. The van der Waals surface area contributed by atoms with Crippen LogP contribution in [-0.2, 0) is 11.8 Å². The van der Waals surface area contributed by atoms with Crippen LogP contribution in [0.2, 0.25) is 0 Å². The molecule has 0 spiro atoms. The van der Waals surface area contributed by atoms with Crippen molar-refractivity contribution in [1.29, 1.82) is 0 Å². The summed E-state index contributed by atoms with van der Waals surface area (Å²) in [6.45, 7) is 0. The van der Waals surface area contributed by atoms with Gasteiger partial charge in [0.05, 0.1) is 0 Å². The van der Waals surface area contributed by atoms with Crippen LogP contribution in [0, 0.1) is 5.92 Å². The van der Waals surface area contributed by atoms with Crippen molar-refractivity contribution in [3.63, 3.8) is 0 Å². The van der Waals surface area contributed by atoms with Gasteiger partial charge < -0.3 is 0 Å². The van der Waals surface area contributed by atoms with Gasteiger partial charge in [-0.1, -0.05) is 37.8 Å². The first-order chi connectivity index (χ1) is 13.1. The van der Waals surface area contributed by atoms with E-state index in [1.54, 1.807) is 35.8 Å². The van der Waals surface area contributed by atoms with Crippen molar-refractivity contribution >= 4 is 23.3 Å². The Balaban J connectivity index is 1.68. The highest BCUT2D eigenvalue weighted by Gasteiger charge is 2.27. The quantitative estimate of drug-likeness (QED) is 0.449. The Morgan fingerprint density at radius 3 is 2.44 bits per heavy atom. The average molecular weight is 385 g/mol. The molecule has 4 nitrogen and oxygen atoms in total. The minimum atomic E-state index is -0.0967. The molecular weight excluding hydrogens is 356 g/mol. The van der Waals surface area contributed by atoms with Crippen molar-refractivity contribution < 1.29 is 9.59 Å². The van der Waals surface area contributed by atoms with Crippen molar-refractivity contribution in [3.8, 4) is 0 Å². The third-order valence-corrected chi connectivity index (χ3v) is 6.29. The highest BCUT2D eigenvalue weighted by molar-refractivity contribution is 7.98. The van der Waals surface area contributed by atoms with Crippen LogP contribution < -0.4 is 0 Å². The van der Waals surface area contributed by atoms with Gasteiger partial charge in [-0.25, -0.2) is 0 Å². The molecule has 1 aromatic heterocycles. The van der Waals surface area contributed by atoms with Gasteiger partial charge in [0.1, 0.15) is 11.5 Å². The van der Waals surface area contributed by atoms with Crippen LogP contribution in [0.1, 0.15) is 66.9 Å². The third-order valence-electron chi connectivity index (χ3n) is 5.55. The molecule has 1 aliphatic carbocycles. The molecule has 0 bridgehead atoms. The minimum Gasteiger partial charge on any atom is -0.299 e. The Morgan fingerprint density at radius 2 is 1.85 bits per heavy atom. The predicted molar refractivity (Wildman–Crippen MR) is 109 cm³/mol. The van der Waals surface area contributed by atoms with Crippen LogP contribution in [0.4, 0.5) is 0 Å². The molecule has 1 saturated carbocycles. The molecule has 0 saturated heterocycles. The van der Waals surface area contributed by atoms with Crippen LogP contribution in [0.15, 0.2) is 41.4 Å². The summed E-state index contributed by atoms with van der Waals surface area (Å²) in [6.07, 6.45) is 10.2. The number of thioether (sulfide) groups is 1. The van der Waals surface area contributed by atoms with E-state index in [9.17, 15) is 9.59 Å². The van der Waals surface area contributed by atoms with E-state index < -0.39 is 0 Å². The fourth-order valence-corrected chi connectivity index (χ4v) is 4.38. The van der Waals surface area contributed by atoms with E-state index in [0.717, 1.165) is 12.0 Å². The van der Waals surface area contributed by atoms with Gasteiger partial charge in [0.25, 0.3) is 0 Å². The zero-order chi connectivity index (χ0) is 19.2. The topological polar surface area (TPSA) is 52.0 Å². The van der Waals surface area contributed by atoms with Crippen molar-refractivity contribution in [3.05, 3.63) is 47.8 Å². The van der Waals surface area contributed by atoms with Crippen LogP contribution in [0.5, 0.6) is 0 Å². The van der Waals surface area contributed by atoms with E-state index in [0.29, 0.717) is 11.6 Å². The van der Waals surface area contributed by atoms with Gasteiger partial charge in [-0.15, -0.1) is 11.8 Å². The number of aryl methyl sites for hydroxylation is 1. The van der Waals surface area contributed by atoms with E-state index in [1.807, 2.05) is 0 Å². The fraction of sp³-hybridized carbons (Fsp3) is 0.500. The summed E-state index contributed by atoms with van der Waals surface area (Å²) in [5.74, 6) is 0.663. The minimum absolute atomic E-state index is 0.0544. The second-order valence-electron chi connectivity index (χ2n) is 7.48. The number of carbonyl (C=O) groups excluding carboxylic acids is 2. The van der Waals surface area contributed by atoms with Crippen molar-refractivity contribution in [2.45, 2.75) is 55.8 Å². The van der Waals surface area contributed by atoms with Gasteiger partial charge in [-0.2, -0.15) is 5.10 Å². The van der Waals surface area contributed by atoms with Crippen LogP contribution in [0.3, 0.4) is 0 Å². The Hall–Kier alpha value is -1.88. The van der Waals surface area contributed by atoms with Crippen LogP contribution in [-0.4, -0.2) is 27.6 Å². The highest BCUT2D eigenvalue weighted by atomic mass is 32.2. The van der Waals surface area contributed by atoms with E-state index in [-0.39, 0.29) is 30.3 Å². The maximum atomic E-state index is 13.0. The number of benzene rings is 1. The number of rotatable bonds is 9. The van der Waals surface area contributed by atoms with Gasteiger partial charge in [0.15, 0.2) is 5.78 Å². The summed E-state index contributed by atoms with van der Waals surface area (Å²) in [7, 11) is 1.79. The summed E-state index contributed by atoms with van der Waals surface area (Å²) in [5, 5.41) is 4.15. The molecule has 0 N–H and O–H groups in total. The molecule has 1 heterocycles. The molecule has 0 amide bonds. The normalized spacial score (nSPS) is 15.8. The summed E-state index contributed by atoms with van der Waals surface area (Å²) in [6, 6.07) is 10.1. The molecule has 3 rings (SSSR count). The SMILES string of the molecule is CSc1ccc(C(CC2CCCC2)C(=O)CCC(=O)c2ccn(C)n2)cc1. The number of aromatic nitrogens is 2. The number of hydrogen-bond acceptors (Lipinski definition) is 4. The van der Waals surface area contributed by atoms with E-state index in [4.69, 9.17) is 0 Å². The number of carbonyl (C=O) groups is 2. The molecular formula is C22H28N2O2S. The number of hydrogen-bond donors (Lipinski definition) is 0. The van der Waals surface area contributed by atoms with Gasteiger partial charge >= 0.3 is 0 Å². The Bertz CT molecular complexity index is 776. The van der Waals surface area contributed by atoms with Gasteiger partial charge in [-0.05, 0) is 42.4 Å². The molecule has 5 heteroatoms. The van der Waals surface area contributed by atoms with Gasteiger partial charge in [0.2, 0.25) is 0 Å². The first-order valence-corrected chi connectivity index (χ1v) is 11.0. The summed E-state index contributed by atoms with van der Waals surface area (Å²) < 4.78 is 1.62. The second-order valence-corrected chi connectivity index (χ2v) is 8.36. The van der Waals surface area contributed by atoms with E-state index in [1.165, 1.54) is 30.6 Å². The lowest BCUT2D eigenvalue weighted by Gasteiger charge is -2.20. The first-order valence-electron chi connectivity index (χ1n) is 9.76. The fourth-order valence-electron chi connectivity index (χ4n) is 3.97. The third kappa shape index (κ3) is 5.32. The molecule has 2 aromatic rings. The number of Topliss-reactive ketones (excluding diaryl/α,β-unsaturated/α-hetero) is 2. The maximum Gasteiger partial charge on any atom is 0.183 e. The molecule has 1 fully saturated rings. The van der Waals surface area contributed by atoms with E-state index in [2.05, 4.69) is 35.6 Å². The largest absolute Gasteiger partial charge is 0.299 e. The highest BCUT2D eigenvalue weighted by Crippen LogP contribution is 2.35. The Kier molecular flexibility index (Phi) is 6.89. The molecule has 1 aliphatic rings. The summed E-state index contributed by atoms with van der Waals surface area (Å²) in [4.78, 5) is 26.6. The molecule has 144 valence electrons. The molecule has 1 aromatic carbocycles. The Labute approximate surface area is 165 Å². The molecule has 27 heavy (non-hydrogen) atoms. The summed E-state index contributed by atoms with van der Waals surface area (Å²) in [5.41, 5.74) is 1.54. The van der Waals surface area contributed by atoms with Gasteiger partial charge in [-0.3, -0.25) is 14.3 Å². The number of ketones is 2. The van der Waals surface area contributed by atoms with Crippen molar-refractivity contribution in [2.24, 2.45) is 13.0 Å².